The lowest BCUT2D eigenvalue weighted by Crippen LogP contribution is -2.52. The molecule has 5 heteroatoms. The zero-order valence-corrected chi connectivity index (χ0v) is 15.9. The van der Waals surface area contributed by atoms with Gasteiger partial charge >= 0.3 is 0 Å². The van der Waals surface area contributed by atoms with Crippen molar-refractivity contribution in [3.05, 3.63) is 0 Å². The fourth-order valence-corrected chi connectivity index (χ4v) is 4.56. The highest BCUT2D eigenvalue weighted by molar-refractivity contribution is 5.79. The highest BCUT2D eigenvalue weighted by Crippen LogP contribution is 2.26. The number of hydrogen-bond acceptors (Lipinski definition) is 4. The van der Waals surface area contributed by atoms with Crippen LogP contribution in [-0.2, 0) is 4.79 Å². The van der Waals surface area contributed by atoms with Crippen LogP contribution in [0.5, 0.6) is 0 Å². The van der Waals surface area contributed by atoms with E-state index in [2.05, 4.69) is 40.5 Å². The number of amides is 1. The number of carbonyl (C=O) groups excluding carboxylic acids is 1. The predicted octanol–water partition coefficient (Wildman–Crippen LogP) is 1.35. The molecule has 0 aliphatic carbocycles. The third-order valence-corrected chi connectivity index (χ3v) is 6.44. The molecule has 0 aromatic rings. The summed E-state index contributed by atoms with van der Waals surface area (Å²) in [5.41, 5.74) is 0. The molecule has 0 bridgehead atoms. The van der Waals surface area contributed by atoms with E-state index in [1.54, 1.807) is 0 Å². The van der Waals surface area contributed by atoms with Gasteiger partial charge in [0.1, 0.15) is 0 Å². The Balaban J connectivity index is 1.42. The second-order valence-corrected chi connectivity index (χ2v) is 8.30. The first-order valence-corrected chi connectivity index (χ1v) is 10.00. The van der Waals surface area contributed by atoms with E-state index in [0.717, 1.165) is 58.2 Å². The van der Waals surface area contributed by atoms with E-state index in [0.29, 0.717) is 11.9 Å². The molecule has 3 rings (SSSR count). The molecule has 0 aromatic carbocycles. The SMILES string of the molecule is CC(C)N1CCC(N2CCC(C(=O)N3CCN(C)CC3)CC2)CC1. The average molecular weight is 337 g/mol. The van der Waals surface area contributed by atoms with Crippen molar-refractivity contribution in [1.29, 1.82) is 0 Å². The maximum atomic E-state index is 12.7. The second kappa shape index (κ2) is 8.15. The zero-order chi connectivity index (χ0) is 17.1. The van der Waals surface area contributed by atoms with E-state index < -0.39 is 0 Å². The molecule has 1 amide bonds. The number of piperazine rings is 1. The Morgan fingerprint density at radius 3 is 1.96 bits per heavy atom. The molecule has 3 aliphatic heterocycles. The van der Waals surface area contributed by atoms with E-state index >= 15 is 0 Å². The first-order valence-electron chi connectivity index (χ1n) is 10.00. The monoisotopic (exact) mass is 336 g/mol. The summed E-state index contributed by atoms with van der Waals surface area (Å²) >= 11 is 0. The Hall–Kier alpha value is -0.650. The van der Waals surface area contributed by atoms with Crippen LogP contribution >= 0.6 is 0 Å². The van der Waals surface area contributed by atoms with Crippen molar-refractivity contribution in [2.45, 2.75) is 51.6 Å². The largest absolute Gasteiger partial charge is 0.340 e. The molecule has 0 atom stereocenters. The molecule has 5 nitrogen and oxygen atoms in total. The molecular formula is C19H36N4O. The van der Waals surface area contributed by atoms with Gasteiger partial charge in [0.25, 0.3) is 0 Å². The summed E-state index contributed by atoms with van der Waals surface area (Å²) in [6, 6.07) is 1.43. The Morgan fingerprint density at radius 1 is 0.833 bits per heavy atom. The highest BCUT2D eigenvalue weighted by atomic mass is 16.2. The lowest BCUT2D eigenvalue weighted by atomic mass is 9.92. The van der Waals surface area contributed by atoms with Gasteiger partial charge in [-0.3, -0.25) is 4.79 Å². The quantitative estimate of drug-likeness (QED) is 0.778. The van der Waals surface area contributed by atoms with Crippen LogP contribution in [0.25, 0.3) is 0 Å². The fourth-order valence-electron chi connectivity index (χ4n) is 4.56. The lowest BCUT2D eigenvalue weighted by Gasteiger charge is -2.43. The molecule has 24 heavy (non-hydrogen) atoms. The first kappa shape index (κ1) is 18.2. The molecule has 3 aliphatic rings. The predicted molar refractivity (Wildman–Crippen MR) is 98.1 cm³/mol. The summed E-state index contributed by atoms with van der Waals surface area (Å²) in [6.07, 6.45) is 4.73. The number of likely N-dealkylation sites (tertiary alicyclic amines) is 2. The van der Waals surface area contributed by atoms with Gasteiger partial charge in [-0.15, -0.1) is 0 Å². The van der Waals surface area contributed by atoms with Gasteiger partial charge in [-0.2, -0.15) is 0 Å². The minimum absolute atomic E-state index is 0.278. The molecule has 0 radical (unpaired) electrons. The van der Waals surface area contributed by atoms with Gasteiger partial charge in [0.15, 0.2) is 0 Å². The van der Waals surface area contributed by atoms with Gasteiger partial charge in [0, 0.05) is 44.2 Å². The van der Waals surface area contributed by atoms with Gasteiger partial charge in [-0.05, 0) is 72.8 Å². The highest BCUT2D eigenvalue weighted by Gasteiger charge is 2.33. The van der Waals surface area contributed by atoms with Crippen molar-refractivity contribution in [3.63, 3.8) is 0 Å². The van der Waals surface area contributed by atoms with Crippen LogP contribution in [0, 0.1) is 5.92 Å². The van der Waals surface area contributed by atoms with Gasteiger partial charge < -0.3 is 19.6 Å². The second-order valence-electron chi connectivity index (χ2n) is 8.30. The van der Waals surface area contributed by atoms with Crippen molar-refractivity contribution in [2.24, 2.45) is 5.92 Å². The van der Waals surface area contributed by atoms with Gasteiger partial charge in [-0.25, -0.2) is 0 Å². The topological polar surface area (TPSA) is 30.0 Å². The van der Waals surface area contributed by atoms with Crippen LogP contribution in [-0.4, -0.2) is 97.0 Å². The number of likely N-dealkylation sites (N-methyl/N-ethyl adjacent to an activating group) is 1. The smallest absolute Gasteiger partial charge is 0.225 e. The van der Waals surface area contributed by atoms with Crippen LogP contribution in [0.3, 0.4) is 0 Å². The van der Waals surface area contributed by atoms with Gasteiger partial charge in [0.2, 0.25) is 5.91 Å². The normalized spacial score (nSPS) is 27.1. The maximum absolute atomic E-state index is 12.7. The number of rotatable bonds is 3. The Bertz CT molecular complexity index is 404. The Labute approximate surface area is 147 Å². The molecule has 138 valence electrons. The molecule has 3 saturated heterocycles. The van der Waals surface area contributed by atoms with Crippen molar-refractivity contribution >= 4 is 5.91 Å². The van der Waals surface area contributed by atoms with Crippen molar-refractivity contribution in [3.8, 4) is 0 Å². The van der Waals surface area contributed by atoms with Crippen LogP contribution < -0.4 is 0 Å². The minimum Gasteiger partial charge on any atom is -0.340 e. The molecule has 0 saturated carbocycles. The molecule has 3 heterocycles. The Kier molecular flexibility index (Phi) is 6.17. The van der Waals surface area contributed by atoms with Crippen LogP contribution in [0.15, 0.2) is 0 Å². The van der Waals surface area contributed by atoms with Gasteiger partial charge in [-0.1, -0.05) is 0 Å². The molecule has 0 unspecified atom stereocenters. The van der Waals surface area contributed by atoms with E-state index in [1.165, 1.54) is 25.9 Å². The number of hydrogen-bond donors (Lipinski definition) is 0. The lowest BCUT2D eigenvalue weighted by molar-refractivity contribution is -0.139. The van der Waals surface area contributed by atoms with Crippen molar-refractivity contribution < 1.29 is 4.79 Å². The molecule has 0 N–H and O–H groups in total. The summed E-state index contributed by atoms with van der Waals surface area (Å²) in [6.45, 7) is 13.2. The van der Waals surface area contributed by atoms with Crippen molar-refractivity contribution in [1.82, 2.24) is 19.6 Å². The van der Waals surface area contributed by atoms with E-state index in [9.17, 15) is 4.79 Å². The maximum Gasteiger partial charge on any atom is 0.225 e. The fraction of sp³-hybridized carbons (Fsp3) is 0.947. The summed E-state index contributed by atoms with van der Waals surface area (Å²) < 4.78 is 0. The molecule has 3 fully saturated rings. The van der Waals surface area contributed by atoms with Gasteiger partial charge in [0.05, 0.1) is 0 Å². The zero-order valence-electron chi connectivity index (χ0n) is 15.9. The molecule has 0 spiro atoms. The minimum atomic E-state index is 0.278. The first-order chi connectivity index (χ1) is 11.5. The average Bonchev–Trinajstić information content (AvgIpc) is 2.62. The Morgan fingerprint density at radius 2 is 1.42 bits per heavy atom. The van der Waals surface area contributed by atoms with E-state index in [-0.39, 0.29) is 5.92 Å². The number of carbonyl (C=O) groups is 1. The van der Waals surface area contributed by atoms with Crippen LogP contribution in [0.1, 0.15) is 39.5 Å². The summed E-state index contributed by atoms with van der Waals surface area (Å²) in [5, 5.41) is 0. The summed E-state index contributed by atoms with van der Waals surface area (Å²) in [5.74, 6) is 0.706. The summed E-state index contributed by atoms with van der Waals surface area (Å²) in [7, 11) is 2.14. The van der Waals surface area contributed by atoms with E-state index in [4.69, 9.17) is 0 Å². The van der Waals surface area contributed by atoms with E-state index in [1.807, 2.05) is 0 Å². The number of nitrogens with zero attached hydrogens (tertiary/aromatic N) is 4. The number of piperidine rings is 2. The third-order valence-electron chi connectivity index (χ3n) is 6.44. The molecular weight excluding hydrogens is 300 g/mol. The summed E-state index contributed by atoms with van der Waals surface area (Å²) in [4.78, 5) is 22.4. The standard InChI is InChI=1S/C19H36N4O/c1-16(2)21-10-6-18(7-11-21)22-8-4-17(5-9-22)19(24)23-14-12-20(3)13-15-23/h16-18H,4-15H2,1-3H3. The van der Waals surface area contributed by atoms with Crippen molar-refractivity contribution in [2.75, 3.05) is 59.4 Å². The molecule has 0 aromatic heterocycles. The van der Waals surface area contributed by atoms with Crippen LogP contribution in [0.4, 0.5) is 0 Å². The third kappa shape index (κ3) is 4.30. The van der Waals surface area contributed by atoms with Crippen LogP contribution in [0.2, 0.25) is 0 Å².